The van der Waals surface area contributed by atoms with E-state index < -0.39 is 0 Å². The summed E-state index contributed by atoms with van der Waals surface area (Å²) in [6, 6.07) is 3.74. The van der Waals surface area contributed by atoms with Crippen LogP contribution in [0.3, 0.4) is 0 Å². The first-order valence-corrected chi connectivity index (χ1v) is 7.74. The van der Waals surface area contributed by atoms with Crippen molar-refractivity contribution in [2.45, 2.75) is 33.3 Å². The quantitative estimate of drug-likeness (QED) is 0.719. The molecule has 0 saturated carbocycles. The van der Waals surface area contributed by atoms with E-state index in [1.807, 2.05) is 12.1 Å². The van der Waals surface area contributed by atoms with Gasteiger partial charge >= 0.3 is 0 Å². The van der Waals surface area contributed by atoms with Crippen LogP contribution in [0.25, 0.3) is 0 Å². The Balaban J connectivity index is 1.62. The number of hydrogen-bond acceptors (Lipinski definition) is 4. The van der Waals surface area contributed by atoms with E-state index in [0.717, 1.165) is 31.7 Å². The summed E-state index contributed by atoms with van der Waals surface area (Å²) in [5, 5.41) is 6.36. The lowest BCUT2D eigenvalue weighted by molar-refractivity contribution is -0.132. The molecule has 1 aliphatic rings. The summed E-state index contributed by atoms with van der Waals surface area (Å²) in [5.74, 6) is 1.35. The van der Waals surface area contributed by atoms with Crippen LogP contribution in [0.2, 0.25) is 0 Å². The van der Waals surface area contributed by atoms with Crippen LogP contribution >= 0.6 is 0 Å². The van der Waals surface area contributed by atoms with Crippen molar-refractivity contribution in [3.63, 3.8) is 0 Å². The summed E-state index contributed by atoms with van der Waals surface area (Å²) in [7, 11) is 0. The number of carbonyl (C=O) groups excluding carboxylic acids is 1. The maximum absolute atomic E-state index is 12.4. The Labute approximate surface area is 126 Å². The van der Waals surface area contributed by atoms with E-state index in [2.05, 4.69) is 24.5 Å². The fraction of sp³-hybridized carbons (Fsp3) is 0.688. The van der Waals surface area contributed by atoms with E-state index in [9.17, 15) is 4.79 Å². The van der Waals surface area contributed by atoms with Crippen LogP contribution in [-0.4, -0.2) is 32.1 Å². The Morgan fingerprint density at radius 3 is 3.05 bits per heavy atom. The molecule has 1 aromatic rings. The van der Waals surface area contributed by atoms with Crippen molar-refractivity contribution in [2.24, 2.45) is 11.3 Å². The molecule has 0 aromatic carbocycles. The lowest BCUT2D eigenvalue weighted by atomic mass is 9.75. The summed E-state index contributed by atoms with van der Waals surface area (Å²) in [5.41, 5.74) is -0.241. The summed E-state index contributed by atoms with van der Waals surface area (Å²) in [6.07, 6.45) is 3.37. The Kier molecular flexibility index (Phi) is 5.82. The van der Waals surface area contributed by atoms with Crippen LogP contribution in [-0.2, 0) is 16.1 Å². The van der Waals surface area contributed by atoms with E-state index in [1.54, 1.807) is 6.26 Å². The normalized spacial score (nSPS) is 21.9. The molecule has 1 amide bonds. The van der Waals surface area contributed by atoms with Crippen molar-refractivity contribution in [2.75, 3.05) is 26.2 Å². The van der Waals surface area contributed by atoms with Crippen molar-refractivity contribution in [1.29, 1.82) is 0 Å². The zero-order valence-electron chi connectivity index (χ0n) is 13.0. The van der Waals surface area contributed by atoms with Crippen LogP contribution < -0.4 is 10.6 Å². The van der Waals surface area contributed by atoms with Crippen molar-refractivity contribution in [1.82, 2.24) is 10.6 Å². The standard InChI is InChI=1S/C16H26N2O3/c1-13(2)16(6-8-17-12-16)15(19)18-7-4-9-20-11-14-5-3-10-21-14/h3,5,10,13,17H,4,6-9,11-12H2,1-2H3,(H,18,19). The molecule has 21 heavy (non-hydrogen) atoms. The largest absolute Gasteiger partial charge is 0.467 e. The van der Waals surface area contributed by atoms with Gasteiger partial charge in [0.15, 0.2) is 0 Å². The molecule has 5 heteroatoms. The maximum atomic E-state index is 12.4. The molecule has 2 rings (SSSR count). The van der Waals surface area contributed by atoms with Gasteiger partial charge in [-0.15, -0.1) is 0 Å². The summed E-state index contributed by atoms with van der Waals surface area (Å²) < 4.78 is 10.7. The van der Waals surface area contributed by atoms with E-state index in [1.165, 1.54) is 0 Å². The van der Waals surface area contributed by atoms with Gasteiger partial charge < -0.3 is 19.8 Å². The van der Waals surface area contributed by atoms with E-state index in [-0.39, 0.29) is 11.3 Å². The number of nitrogens with one attached hydrogen (secondary N) is 2. The third-order valence-corrected chi connectivity index (χ3v) is 4.32. The van der Waals surface area contributed by atoms with Gasteiger partial charge in [0.1, 0.15) is 12.4 Å². The molecular formula is C16H26N2O3. The molecule has 2 N–H and O–H groups in total. The second-order valence-electron chi connectivity index (χ2n) is 5.98. The van der Waals surface area contributed by atoms with Gasteiger partial charge in [0.25, 0.3) is 0 Å². The number of amides is 1. The van der Waals surface area contributed by atoms with Gasteiger partial charge in [-0.05, 0) is 37.4 Å². The van der Waals surface area contributed by atoms with Crippen LogP contribution in [0.5, 0.6) is 0 Å². The topological polar surface area (TPSA) is 63.5 Å². The fourth-order valence-electron chi connectivity index (χ4n) is 2.78. The van der Waals surface area contributed by atoms with Gasteiger partial charge in [-0.25, -0.2) is 0 Å². The maximum Gasteiger partial charge on any atom is 0.227 e. The highest BCUT2D eigenvalue weighted by Crippen LogP contribution is 2.34. The van der Waals surface area contributed by atoms with Gasteiger partial charge in [0.05, 0.1) is 11.7 Å². The van der Waals surface area contributed by atoms with Crippen molar-refractivity contribution in [3.05, 3.63) is 24.2 Å². The number of furan rings is 1. The van der Waals surface area contributed by atoms with Crippen molar-refractivity contribution in [3.8, 4) is 0 Å². The van der Waals surface area contributed by atoms with Crippen LogP contribution in [0.1, 0.15) is 32.4 Å². The second-order valence-corrected chi connectivity index (χ2v) is 5.98. The van der Waals surface area contributed by atoms with Crippen molar-refractivity contribution < 1.29 is 13.9 Å². The van der Waals surface area contributed by atoms with Gasteiger partial charge in [0, 0.05) is 19.7 Å². The molecule has 5 nitrogen and oxygen atoms in total. The average molecular weight is 294 g/mol. The summed E-state index contributed by atoms with van der Waals surface area (Å²) in [4.78, 5) is 12.4. The molecule has 0 aliphatic carbocycles. The Bertz CT molecular complexity index is 423. The van der Waals surface area contributed by atoms with Gasteiger partial charge in [-0.1, -0.05) is 13.8 Å². The van der Waals surface area contributed by atoms with E-state index >= 15 is 0 Å². The number of rotatable bonds is 8. The molecule has 1 unspecified atom stereocenters. The summed E-state index contributed by atoms with van der Waals surface area (Å²) in [6.45, 7) is 7.72. The molecule has 1 aliphatic heterocycles. The van der Waals surface area contributed by atoms with Gasteiger partial charge in [-0.2, -0.15) is 0 Å². The van der Waals surface area contributed by atoms with Crippen molar-refractivity contribution >= 4 is 5.91 Å². The molecular weight excluding hydrogens is 268 g/mol. The predicted octanol–water partition coefficient (Wildman–Crippen LogP) is 1.94. The highest BCUT2D eigenvalue weighted by Gasteiger charge is 2.43. The molecule has 1 aromatic heterocycles. The molecule has 0 bridgehead atoms. The monoisotopic (exact) mass is 294 g/mol. The van der Waals surface area contributed by atoms with Crippen LogP contribution in [0, 0.1) is 11.3 Å². The number of ether oxygens (including phenoxy) is 1. The third-order valence-electron chi connectivity index (χ3n) is 4.32. The molecule has 0 spiro atoms. The minimum Gasteiger partial charge on any atom is -0.467 e. The first-order valence-electron chi connectivity index (χ1n) is 7.74. The minimum absolute atomic E-state index is 0.175. The van der Waals surface area contributed by atoms with Gasteiger partial charge in [0.2, 0.25) is 5.91 Å². The zero-order valence-corrected chi connectivity index (χ0v) is 13.0. The Morgan fingerprint density at radius 2 is 2.43 bits per heavy atom. The number of hydrogen-bond donors (Lipinski definition) is 2. The van der Waals surface area contributed by atoms with E-state index in [0.29, 0.717) is 25.7 Å². The first kappa shape index (κ1) is 16.0. The van der Waals surface area contributed by atoms with E-state index in [4.69, 9.17) is 9.15 Å². The molecule has 118 valence electrons. The first-order chi connectivity index (χ1) is 10.1. The summed E-state index contributed by atoms with van der Waals surface area (Å²) >= 11 is 0. The second kappa shape index (κ2) is 7.61. The lowest BCUT2D eigenvalue weighted by Gasteiger charge is -2.31. The Morgan fingerprint density at radius 1 is 1.57 bits per heavy atom. The highest BCUT2D eigenvalue weighted by atomic mass is 16.5. The molecule has 2 heterocycles. The predicted molar refractivity (Wildman–Crippen MR) is 80.7 cm³/mol. The SMILES string of the molecule is CC(C)C1(C(=O)NCCCOCc2ccco2)CCNC1. The third kappa shape index (κ3) is 4.08. The van der Waals surface area contributed by atoms with Crippen LogP contribution in [0.4, 0.5) is 0 Å². The molecule has 1 saturated heterocycles. The van der Waals surface area contributed by atoms with Gasteiger partial charge in [-0.3, -0.25) is 4.79 Å². The minimum atomic E-state index is -0.241. The number of carbonyl (C=O) groups is 1. The molecule has 1 atom stereocenters. The zero-order chi connectivity index (χ0) is 15.1. The average Bonchev–Trinajstić information content (AvgIpc) is 3.13. The Hall–Kier alpha value is -1.33. The smallest absolute Gasteiger partial charge is 0.227 e. The highest BCUT2D eigenvalue weighted by molar-refractivity contribution is 5.83. The lowest BCUT2D eigenvalue weighted by Crippen LogP contribution is -2.46. The molecule has 0 radical (unpaired) electrons. The fourth-order valence-corrected chi connectivity index (χ4v) is 2.78. The van der Waals surface area contributed by atoms with Crippen LogP contribution in [0.15, 0.2) is 22.8 Å². The molecule has 1 fully saturated rings.